The van der Waals surface area contributed by atoms with Crippen LogP contribution in [-0.2, 0) is 4.79 Å². The number of amides is 1. The molecule has 2 N–H and O–H groups in total. The first-order chi connectivity index (χ1) is 10.1. The van der Waals surface area contributed by atoms with E-state index in [0.29, 0.717) is 0 Å². The van der Waals surface area contributed by atoms with Crippen molar-refractivity contribution in [3.05, 3.63) is 64.6 Å². The van der Waals surface area contributed by atoms with Crippen LogP contribution in [0.1, 0.15) is 12.5 Å². The van der Waals surface area contributed by atoms with Gasteiger partial charge >= 0.3 is 0 Å². The highest BCUT2D eigenvalue weighted by Crippen LogP contribution is 2.15. The number of hydrazone groups is 1. The first kappa shape index (κ1) is 15.3. The van der Waals surface area contributed by atoms with E-state index in [1.54, 1.807) is 0 Å². The first-order valence-electron chi connectivity index (χ1n) is 6.53. The van der Waals surface area contributed by atoms with Crippen molar-refractivity contribution in [3.63, 3.8) is 0 Å². The van der Waals surface area contributed by atoms with Crippen molar-refractivity contribution in [1.82, 2.24) is 5.43 Å². The van der Waals surface area contributed by atoms with Gasteiger partial charge in [-0.2, -0.15) is 5.10 Å². The molecule has 0 aliphatic heterocycles. The van der Waals surface area contributed by atoms with E-state index in [4.69, 9.17) is 0 Å². The van der Waals surface area contributed by atoms with Gasteiger partial charge in [0.05, 0.1) is 12.3 Å². The Bertz CT molecular complexity index is 641. The number of halogens is 1. The molecule has 0 bridgehead atoms. The van der Waals surface area contributed by atoms with Crippen LogP contribution >= 0.6 is 15.9 Å². The number of benzene rings is 2. The van der Waals surface area contributed by atoms with Gasteiger partial charge in [-0.05, 0) is 30.7 Å². The minimum atomic E-state index is -0.190. The number of nitrogens with zero attached hydrogens (tertiary/aromatic N) is 1. The van der Waals surface area contributed by atoms with Crippen LogP contribution in [0.4, 0.5) is 5.69 Å². The van der Waals surface area contributed by atoms with E-state index in [-0.39, 0.29) is 12.5 Å². The molecular weight excluding hydrogens is 330 g/mol. The van der Waals surface area contributed by atoms with Gasteiger partial charge in [0.15, 0.2) is 0 Å². The number of anilines is 1. The Hall–Kier alpha value is -2.14. The molecule has 0 aliphatic carbocycles. The van der Waals surface area contributed by atoms with Gasteiger partial charge in [-0.3, -0.25) is 4.79 Å². The third kappa shape index (κ3) is 5.04. The fourth-order valence-electron chi connectivity index (χ4n) is 1.71. The van der Waals surface area contributed by atoms with Gasteiger partial charge in [-0.25, -0.2) is 5.43 Å². The van der Waals surface area contributed by atoms with E-state index in [1.165, 1.54) is 0 Å². The number of hydrogen-bond acceptors (Lipinski definition) is 3. The Morgan fingerprint density at radius 1 is 1.14 bits per heavy atom. The molecule has 4 nitrogen and oxygen atoms in total. The number of carbonyl (C=O) groups excluding carboxylic acids is 1. The summed E-state index contributed by atoms with van der Waals surface area (Å²) < 4.78 is 0.964. The molecule has 0 unspecified atom stereocenters. The molecule has 21 heavy (non-hydrogen) atoms. The maximum atomic E-state index is 11.7. The molecule has 0 heterocycles. The molecule has 0 aliphatic rings. The van der Waals surface area contributed by atoms with E-state index in [0.717, 1.165) is 21.4 Å². The van der Waals surface area contributed by atoms with Gasteiger partial charge in [-0.1, -0.05) is 52.3 Å². The van der Waals surface area contributed by atoms with Crippen LogP contribution in [-0.4, -0.2) is 18.2 Å². The maximum Gasteiger partial charge on any atom is 0.259 e. The van der Waals surface area contributed by atoms with Crippen LogP contribution in [0.2, 0.25) is 0 Å². The second-order valence-corrected chi connectivity index (χ2v) is 5.38. The molecule has 0 saturated heterocycles. The minimum Gasteiger partial charge on any atom is -0.376 e. The van der Waals surface area contributed by atoms with Crippen LogP contribution in [0.3, 0.4) is 0 Å². The van der Waals surface area contributed by atoms with E-state index in [1.807, 2.05) is 61.5 Å². The topological polar surface area (TPSA) is 53.5 Å². The highest BCUT2D eigenvalue weighted by molar-refractivity contribution is 9.10. The molecule has 5 heteroatoms. The number of carbonyl (C=O) groups is 1. The summed E-state index contributed by atoms with van der Waals surface area (Å²) in [6, 6.07) is 17.4. The zero-order valence-electron chi connectivity index (χ0n) is 11.6. The van der Waals surface area contributed by atoms with Crippen molar-refractivity contribution < 1.29 is 4.79 Å². The third-order valence-electron chi connectivity index (χ3n) is 2.82. The summed E-state index contributed by atoms with van der Waals surface area (Å²) in [4.78, 5) is 11.7. The number of rotatable bonds is 5. The lowest BCUT2D eigenvalue weighted by atomic mass is 10.1. The van der Waals surface area contributed by atoms with Gasteiger partial charge in [0, 0.05) is 10.2 Å². The van der Waals surface area contributed by atoms with Crippen molar-refractivity contribution >= 4 is 33.2 Å². The first-order valence-corrected chi connectivity index (χ1v) is 7.32. The Morgan fingerprint density at radius 2 is 1.90 bits per heavy atom. The van der Waals surface area contributed by atoms with E-state index >= 15 is 0 Å². The van der Waals surface area contributed by atoms with Gasteiger partial charge in [0.25, 0.3) is 5.91 Å². The van der Waals surface area contributed by atoms with Crippen molar-refractivity contribution in [2.24, 2.45) is 5.10 Å². The summed E-state index contributed by atoms with van der Waals surface area (Å²) in [5, 5.41) is 7.13. The normalized spacial score (nSPS) is 11.0. The lowest BCUT2D eigenvalue weighted by molar-refractivity contribution is -0.119. The van der Waals surface area contributed by atoms with Crippen molar-refractivity contribution in [3.8, 4) is 0 Å². The maximum absolute atomic E-state index is 11.7. The predicted octanol–water partition coefficient (Wildman–Crippen LogP) is 3.40. The third-order valence-corrected chi connectivity index (χ3v) is 3.31. The lowest BCUT2D eigenvalue weighted by Gasteiger charge is -2.06. The summed E-state index contributed by atoms with van der Waals surface area (Å²) in [6.45, 7) is 2.03. The average molecular weight is 346 g/mol. The van der Waals surface area contributed by atoms with Gasteiger partial charge in [0.1, 0.15) is 0 Å². The van der Waals surface area contributed by atoms with Crippen LogP contribution in [0.15, 0.2) is 64.2 Å². The fourth-order valence-corrected chi connectivity index (χ4v) is 2.11. The zero-order chi connectivity index (χ0) is 15.1. The molecular formula is C16H16BrN3O. The summed E-state index contributed by atoms with van der Waals surface area (Å²) in [6.07, 6.45) is 0. The standard InChI is InChI=1S/C16H16BrN3O/c1-12(13-6-3-2-4-7-13)19-20-16(21)11-18-15-9-5-8-14(17)10-15/h2-10,18H,11H2,1H3,(H,20,21)/b19-12+. The number of hydrogen-bond donors (Lipinski definition) is 2. The van der Waals surface area contributed by atoms with Crippen molar-refractivity contribution in [2.45, 2.75) is 6.92 Å². The minimum absolute atomic E-state index is 0.169. The van der Waals surface area contributed by atoms with E-state index < -0.39 is 0 Å². The smallest absolute Gasteiger partial charge is 0.259 e. The zero-order valence-corrected chi connectivity index (χ0v) is 13.2. The molecule has 108 valence electrons. The Labute approximate surface area is 132 Å². The predicted molar refractivity (Wildman–Crippen MR) is 89.4 cm³/mol. The molecule has 0 spiro atoms. The highest BCUT2D eigenvalue weighted by Gasteiger charge is 2.01. The molecule has 1 amide bonds. The van der Waals surface area contributed by atoms with Crippen LogP contribution in [0.25, 0.3) is 0 Å². The van der Waals surface area contributed by atoms with Crippen molar-refractivity contribution in [1.29, 1.82) is 0 Å². The lowest BCUT2D eigenvalue weighted by Crippen LogP contribution is -2.26. The van der Waals surface area contributed by atoms with Gasteiger partial charge < -0.3 is 5.32 Å². The summed E-state index contributed by atoms with van der Waals surface area (Å²) in [7, 11) is 0. The average Bonchev–Trinajstić information content (AvgIpc) is 2.51. The second kappa shape index (κ2) is 7.59. The van der Waals surface area contributed by atoms with Gasteiger partial charge in [0.2, 0.25) is 0 Å². The molecule has 2 rings (SSSR count). The SMILES string of the molecule is C/C(=N\NC(=O)CNc1cccc(Br)c1)c1ccccc1. The monoisotopic (exact) mass is 345 g/mol. The largest absolute Gasteiger partial charge is 0.376 e. The molecule has 0 radical (unpaired) electrons. The molecule has 0 saturated carbocycles. The van der Waals surface area contributed by atoms with Gasteiger partial charge in [-0.15, -0.1) is 0 Å². The van der Waals surface area contributed by atoms with Crippen molar-refractivity contribution in [2.75, 3.05) is 11.9 Å². The molecule has 2 aromatic rings. The second-order valence-electron chi connectivity index (χ2n) is 4.46. The van der Waals surface area contributed by atoms with E-state index in [2.05, 4.69) is 31.8 Å². The van der Waals surface area contributed by atoms with Crippen LogP contribution < -0.4 is 10.7 Å². The van der Waals surface area contributed by atoms with Crippen LogP contribution in [0, 0.1) is 0 Å². The molecule has 0 fully saturated rings. The van der Waals surface area contributed by atoms with E-state index in [9.17, 15) is 4.79 Å². The molecule has 0 atom stereocenters. The van der Waals surface area contributed by atoms with Crippen LogP contribution in [0.5, 0.6) is 0 Å². The Morgan fingerprint density at radius 3 is 2.62 bits per heavy atom. The molecule has 0 aromatic heterocycles. The molecule has 2 aromatic carbocycles. The number of nitrogens with one attached hydrogen (secondary N) is 2. The summed E-state index contributed by atoms with van der Waals surface area (Å²) in [5.41, 5.74) is 5.17. The fraction of sp³-hybridized carbons (Fsp3) is 0.125. The Kier molecular flexibility index (Phi) is 5.51. The Balaban J connectivity index is 1.85. The summed E-state index contributed by atoms with van der Waals surface area (Å²) >= 11 is 3.38. The quantitative estimate of drug-likeness (QED) is 0.644. The summed E-state index contributed by atoms with van der Waals surface area (Å²) in [5.74, 6) is -0.190. The highest BCUT2D eigenvalue weighted by atomic mass is 79.9.